The largest absolute Gasteiger partial charge is 0.320 e. The van der Waals surface area contributed by atoms with E-state index >= 15 is 0 Å². The van der Waals surface area contributed by atoms with Gasteiger partial charge in [0.05, 0.1) is 6.54 Å². The predicted octanol–water partition coefficient (Wildman–Crippen LogP) is 2.40. The van der Waals surface area contributed by atoms with Crippen LogP contribution in [0.25, 0.3) is 0 Å². The van der Waals surface area contributed by atoms with Gasteiger partial charge in [-0.3, -0.25) is 4.99 Å². The Bertz CT molecular complexity index is 308. The average Bonchev–Trinajstić information content (AvgIpc) is 2.25. The van der Waals surface area contributed by atoms with Crippen molar-refractivity contribution >= 4 is 22.7 Å². The van der Waals surface area contributed by atoms with E-state index in [9.17, 15) is 0 Å². The standard InChI is InChI=1S/C10H13N3S/c1-3-7-12-10(14-2)13-9-6-4-5-8-11-9/h3-6,8H,1,7H2,2H3,(H,11,12,13). The molecule has 0 radical (unpaired) electrons. The van der Waals surface area contributed by atoms with Crippen molar-refractivity contribution in [2.24, 2.45) is 4.99 Å². The van der Waals surface area contributed by atoms with Crippen molar-refractivity contribution in [3.8, 4) is 0 Å². The van der Waals surface area contributed by atoms with Crippen molar-refractivity contribution in [2.45, 2.75) is 0 Å². The summed E-state index contributed by atoms with van der Waals surface area (Å²) >= 11 is 1.56. The molecule has 1 aromatic rings. The first kappa shape index (κ1) is 10.8. The summed E-state index contributed by atoms with van der Waals surface area (Å²) in [5.74, 6) is 0.810. The Morgan fingerprint density at radius 2 is 2.57 bits per heavy atom. The lowest BCUT2D eigenvalue weighted by Crippen LogP contribution is -2.08. The Balaban J connectivity index is 2.61. The maximum absolute atomic E-state index is 4.27. The molecule has 0 aliphatic carbocycles. The van der Waals surface area contributed by atoms with Gasteiger partial charge in [0.25, 0.3) is 0 Å². The van der Waals surface area contributed by atoms with E-state index in [1.165, 1.54) is 0 Å². The molecule has 1 aromatic heterocycles. The lowest BCUT2D eigenvalue weighted by molar-refractivity contribution is 1.25. The molecule has 1 heterocycles. The van der Waals surface area contributed by atoms with Gasteiger partial charge in [-0.15, -0.1) is 6.58 Å². The lowest BCUT2D eigenvalue weighted by atomic mass is 10.5. The van der Waals surface area contributed by atoms with Gasteiger partial charge in [-0.2, -0.15) is 0 Å². The number of pyridine rings is 1. The smallest absolute Gasteiger partial charge is 0.162 e. The van der Waals surface area contributed by atoms with E-state index in [4.69, 9.17) is 0 Å². The van der Waals surface area contributed by atoms with Crippen LogP contribution < -0.4 is 5.32 Å². The monoisotopic (exact) mass is 207 g/mol. The van der Waals surface area contributed by atoms with Crippen LogP contribution in [0.3, 0.4) is 0 Å². The zero-order chi connectivity index (χ0) is 10.2. The van der Waals surface area contributed by atoms with Crippen molar-refractivity contribution < 1.29 is 0 Å². The van der Waals surface area contributed by atoms with Crippen LogP contribution in [0.2, 0.25) is 0 Å². The molecule has 0 fully saturated rings. The molecule has 0 amide bonds. The van der Waals surface area contributed by atoms with E-state index in [0.717, 1.165) is 11.0 Å². The highest BCUT2D eigenvalue weighted by atomic mass is 32.2. The van der Waals surface area contributed by atoms with Crippen LogP contribution in [0.15, 0.2) is 42.0 Å². The van der Waals surface area contributed by atoms with E-state index in [0.29, 0.717) is 6.54 Å². The van der Waals surface area contributed by atoms with E-state index in [1.54, 1.807) is 24.0 Å². The van der Waals surface area contributed by atoms with Gasteiger partial charge in [-0.25, -0.2) is 4.98 Å². The second kappa shape index (κ2) is 6.21. The number of thioether (sulfide) groups is 1. The van der Waals surface area contributed by atoms with Crippen LogP contribution in [-0.4, -0.2) is 23.0 Å². The molecule has 3 nitrogen and oxygen atoms in total. The Labute approximate surface area is 88.4 Å². The Morgan fingerprint density at radius 1 is 1.71 bits per heavy atom. The van der Waals surface area contributed by atoms with Gasteiger partial charge in [0.15, 0.2) is 5.17 Å². The fraction of sp³-hybridized carbons (Fsp3) is 0.200. The third-order valence-corrected chi connectivity index (χ3v) is 2.08. The Kier molecular flexibility index (Phi) is 4.78. The van der Waals surface area contributed by atoms with E-state index < -0.39 is 0 Å². The normalized spacial score (nSPS) is 11.1. The molecule has 0 atom stereocenters. The molecule has 0 aliphatic rings. The molecular weight excluding hydrogens is 194 g/mol. The quantitative estimate of drug-likeness (QED) is 0.470. The summed E-state index contributed by atoms with van der Waals surface area (Å²) in [6.45, 7) is 4.24. The molecule has 4 heteroatoms. The number of nitrogens with zero attached hydrogens (tertiary/aromatic N) is 2. The molecule has 0 bridgehead atoms. The summed E-state index contributed by atoms with van der Waals surface area (Å²) in [5.41, 5.74) is 0. The van der Waals surface area contributed by atoms with Gasteiger partial charge in [-0.05, 0) is 18.4 Å². The zero-order valence-corrected chi connectivity index (χ0v) is 8.92. The number of amidine groups is 1. The van der Waals surface area contributed by atoms with Crippen LogP contribution >= 0.6 is 11.8 Å². The first-order valence-electron chi connectivity index (χ1n) is 4.24. The number of aromatic nitrogens is 1. The molecule has 0 spiro atoms. The maximum Gasteiger partial charge on any atom is 0.162 e. The maximum atomic E-state index is 4.27. The Morgan fingerprint density at radius 3 is 3.14 bits per heavy atom. The molecule has 0 saturated carbocycles. The van der Waals surface area contributed by atoms with Gasteiger partial charge in [-0.1, -0.05) is 23.9 Å². The molecule has 74 valence electrons. The van der Waals surface area contributed by atoms with E-state index in [1.807, 2.05) is 24.5 Å². The van der Waals surface area contributed by atoms with Crippen LogP contribution in [0.4, 0.5) is 5.82 Å². The first-order chi connectivity index (χ1) is 6.86. The number of rotatable bonds is 3. The van der Waals surface area contributed by atoms with Crippen LogP contribution in [0, 0.1) is 0 Å². The summed E-state index contributed by atoms with van der Waals surface area (Å²) < 4.78 is 0. The molecule has 14 heavy (non-hydrogen) atoms. The number of hydrogen-bond acceptors (Lipinski definition) is 3. The summed E-state index contributed by atoms with van der Waals surface area (Å²) in [6.07, 6.45) is 5.47. The highest BCUT2D eigenvalue weighted by molar-refractivity contribution is 8.13. The first-order valence-corrected chi connectivity index (χ1v) is 5.46. The summed E-state index contributed by atoms with van der Waals surface area (Å²) in [5, 5.41) is 3.97. The zero-order valence-electron chi connectivity index (χ0n) is 8.10. The Hall–Kier alpha value is -1.29. The van der Waals surface area contributed by atoms with Crippen LogP contribution in [-0.2, 0) is 0 Å². The van der Waals surface area contributed by atoms with Gasteiger partial charge >= 0.3 is 0 Å². The number of aliphatic imine (C=N–C) groups is 1. The van der Waals surface area contributed by atoms with Gasteiger partial charge in [0.1, 0.15) is 5.82 Å². The minimum Gasteiger partial charge on any atom is -0.320 e. The van der Waals surface area contributed by atoms with Gasteiger partial charge in [0, 0.05) is 6.20 Å². The lowest BCUT2D eigenvalue weighted by Gasteiger charge is -2.05. The van der Waals surface area contributed by atoms with Gasteiger partial charge < -0.3 is 5.32 Å². The second-order valence-electron chi connectivity index (χ2n) is 2.48. The topological polar surface area (TPSA) is 37.3 Å². The summed E-state index contributed by atoms with van der Waals surface area (Å²) in [6, 6.07) is 5.71. The van der Waals surface area contributed by atoms with Crippen molar-refractivity contribution in [1.82, 2.24) is 4.98 Å². The number of hydrogen-bond donors (Lipinski definition) is 1. The fourth-order valence-electron chi connectivity index (χ4n) is 0.849. The van der Waals surface area contributed by atoms with E-state index in [2.05, 4.69) is 21.9 Å². The molecule has 0 aromatic carbocycles. The minimum atomic E-state index is 0.621. The molecule has 1 rings (SSSR count). The molecular formula is C10H13N3S. The van der Waals surface area contributed by atoms with Crippen LogP contribution in [0.5, 0.6) is 0 Å². The van der Waals surface area contributed by atoms with Gasteiger partial charge in [0.2, 0.25) is 0 Å². The highest BCUT2D eigenvalue weighted by Gasteiger charge is 1.96. The molecule has 0 unspecified atom stereocenters. The van der Waals surface area contributed by atoms with Crippen molar-refractivity contribution in [1.29, 1.82) is 0 Å². The second-order valence-corrected chi connectivity index (χ2v) is 3.27. The van der Waals surface area contributed by atoms with Crippen molar-refractivity contribution in [2.75, 3.05) is 18.1 Å². The van der Waals surface area contributed by atoms with Crippen LogP contribution in [0.1, 0.15) is 0 Å². The number of anilines is 1. The minimum absolute atomic E-state index is 0.621. The van der Waals surface area contributed by atoms with Crippen molar-refractivity contribution in [3.63, 3.8) is 0 Å². The SMILES string of the molecule is C=CCN=C(Nc1ccccn1)SC. The predicted molar refractivity (Wildman–Crippen MR) is 63.9 cm³/mol. The summed E-state index contributed by atoms with van der Waals surface area (Å²) in [7, 11) is 0. The summed E-state index contributed by atoms with van der Waals surface area (Å²) in [4.78, 5) is 8.41. The fourth-order valence-corrected chi connectivity index (χ4v) is 1.26. The number of nitrogens with one attached hydrogen (secondary N) is 1. The van der Waals surface area contributed by atoms with Crippen molar-refractivity contribution in [3.05, 3.63) is 37.1 Å². The molecule has 0 saturated heterocycles. The molecule has 0 aliphatic heterocycles. The third-order valence-electron chi connectivity index (χ3n) is 1.46. The van der Waals surface area contributed by atoms with E-state index in [-0.39, 0.29) is 0 Å². The average molecular weight is 207 g/mol. The molecule has 1 N–H and O–H groups in total. The highest BCUT2D eigenvalue weighted by Crippen LogP contribution is 2.05. The third kappa shape index (κ3) is 3.62.